The van der Waals surface area contributed by atoms with E-state index >= 15 is 0 Å². The lowest BCUT2D eigenvalue weighted by Crippen LogP contribution is -1.92. The van der Waals surface area contributed by atoms with Crippen LogP contribution in [0.2, 0.25) is 0 Å². The van der Waals surface area contributed by atoms with E-state index in [4.69, 9.17) is 4.42 Å². The molecule has 0 N–H and O–H groups in total. The standard InChI is InChI=1S/C40H24O/c1-2-12-26-23-28(22-21-25(26)11-1)37-30-15-5-7-17-32(30)38(33-18-8-6-16-31(33)37)40-29-14-4-3-13-27(29)24-36-39(40)34-19-9-10-20-35(34)41-36/h1-24H. The van der Waals surface area contributed by atoms with Gasteiger partial charge in [0, 0.05) is 16.3 Å². The first kappa shape index (κ1) is 22.4. The van der Waals surface area contributed by atoms with Crippen molar-refractivity contribution in [2.45, 2.75) is 0 Å². The summed E-state index contributed by atoms with van der Waals surface area (Å²) in [7, 11) is 0. The second kappa shape index (κ2) is 8.55. The Morgan fingerprint density at radius 1 is 0.317 bits per heavy atom. The predicted octanol–water partition coefficient (Wildman–Crippen LogP) is 11.5. The van der Waals surface area contributed by atoms with E-state index in [1.165, 1.54) is 70.7 Å². The summed E-state index contributed by atoms with van der Waals surface area (Å²) in [5.74, 6) is 0. The number of benzene rings is 8. The van der Waals surface area contributed by atoms with Crippen molar-refractivity contribution in [2.24, 2.45) is 0 Å². The quantitative estimate of drug-likeness (QED) is 0.207. The second-order valence-corrected chi connectivity index (χ2v) is 10.8. The van der Waals surface area contributed by atoms with E-state index in [0.29, 0.717) is 0 Å². The van der Waals surface area contributed by atoms with E-state index in [1.54, 1.807) is 0 Å². The molecule has 41 heavy (non-hydrogen) atoms. The van der Waals surface area contributed by atoms with Crippen molar-refractivity contribution >= 4 is 65.0 Å². The topological polar surface area (TPSA) is 13.1 Å². The van der Waals surface area contributed by atoms with Gasteiger partial charge in [0.05, 0.1) is 0 Å². The van der Waals surface area contributed by atoms with Crippen molar-refractivity contribution < 1.29 is 4.42 Å². The Balaban J connectivity index is 1.51. The maximum atomic E-state index is 6.48. The number of fused-ring (bicyclic) bond motifs is 7. The fraction of sp³-hybridized carbons (Fsp3) is 0. The van der Waals surface area contributed by atoms with Gasteiger partial charge in [-0.1, -0.05) is 127 Å². The Morgan fingerprint density at radius 2 is 0.854 bits per heavy atom. The third-order valence-electron chi connectivity index (χ3n) is 8.61. The van der Waals surface area contributed by atoms with Gasteiger partial charge in [0.2, 0.25) is 0 Å². The van der Waals surface area contributed by atoms with Crippen LogP contribution in [0.4, 0.5) is 0 Å². The Labute approximate surface area is 236 Å². The van der Waals surface area contributed by atoms with Crippen molar-refractivity contribution in [2.75, 3.05) is 0 Å². The highest BCUT2D eigenvalue weighted by atomic mass is 16.3. The van der Waals surface area contributed by atoms with Crippen LogP contribution in [0.25, 0.3) is 87.3 Å². The van der Waals surface area contributed by atoms with Crippen molar-refractivity contribution in [3.05, 3.63) is 146 Å². The largest absolute Gasteiger partial charge is 0.456 e. The molecule has 0 aliphatic carbocycles. The number of para-hydroxylation sites is 1. The second-order valence-electron chi connectivity index (χ2n) is 10.8. The van der Waals surface area contributed by atoms with Crippen LogP contribution < -0.4 is 0 Å². The molecule has 1 aromatic heterocycles. The lowest BCUT2D eigenvalue weighted by Gasteiger charge is -2.19. The first-order valence-electron chi connectivity index (χ1n) is 14.1. The highest BCUT2D eigenvalue weighted by Gasteiger charge is 2.22. The van der Waals surface area contributed by atoms with E-state index in [-0.39, 0.29) is 0 Å². The van der Waals surface area contributed by atoms with Gasteiger partial charge in [0.25, 0.3) is 0 Å². The Bertz CT molecular complexity index is 2420. The Morgan fingerprint density at radius 3 is 1.56 bits per heavy atom. The van der Waals surface area contributed by atoms with Gasteiger partial charge < -0.3 is 4.42 Å². The molecule has 0 aliphatic rings. The Kier molecular flexibility index (Phi) is 4.67. The summed E-state index contributed by atoms with van der Waals surface area (Å²) in [6, 6.07) is 52.6. The van der Waals surface area contributed by atoms with Crippen LogP contribution in [0.15, 0.2) is 150 Å². The smallest absolute Gasteiger partial charge is 0.136 e. The minimum absolute atomic E-state index is 0.917. The van der Waals surface area contributed by atoms with Gasteiger partial charge in [-0.15, -0.1) is 0 Å². The van der Waals surface area contributed by atoms with Crippen molar-refractivity contribution in [3.63, 3.8) is 0 Å². The zero-order chi connectivity index (χ0) is 26.9. The van der Waals surface area contributed by atoms with Crippen molar-refractivity contribution in [1.29, 1.82) is 0 Å². The lowest BCUT2D eigenvalue weighted by molar-refractivity contribution is 0.669. The SMILES string of the molecule is c1ccc2cc(-c3c4ccccc4c(-c4c5ccccc5cc5oc6ccccc6c45)c4ccccc34)ccc2c1. The molecule has 1 nitrogen and oxygen atoms in total. The molecular formula is C40H24O. The van der Waals surface area contributed by atoms with Crippen LogP contribution >= 0.6 is 0 Å². The average molecular weight is 521 g/mol. The Hall–Kier alpha value is -5.40. The predicted molar refractivity (Wildman–Crippen MR) is 175 cm³/mol. The summed E-state index contributed by atoms with van der Waals surface area (Å²) < 4.78 is 6.48. The molecule has 0 radical (unpaired) electrons. The summed E-state index contributed by atoms with van der Waals surface area (Å²) in [6.45, 7) is 0. The van der Waals surface area contributed by atoms with Gasteiger partial charge in [-0.2, -0.15) is 0 Å². The van der Waals surface area contributed by atoms with Crippen LogP contribution in [0.1, 0.15) is 0 Å². The summed E-state index contributed by atoms with van der Waals surface area (Å²) >= 11 is 0. The molecule has 8 aromatic carbocycles. The molecule has 0 fully saturated rings. The molecule has 0 saturated carbocycles. The fourth-order valence-corrected chi connectivity index (χ4v) is 6.86. The number of rotatable bonds is 2. The van der Waals surface area contributed by atoms with Crippen molar-refractivity contribution in [1.82, 2.24) is 0 Å². The van der Waals surface area contributed by atoms with E-state index in [1.807, 2.05) is 6.07 Å². The summed E-state index contributed by atoms with van der Waals surface area (Å²) in [4.78, 5) is 0. The zero-order valence-electron chi connectivity index (χ0n) is 22.3. The molecule has 1 heterocycles. The molecular weight excluding hydrogens is 496 g/mol. The fourth-order valence-electron chi connectivity index (χ4n) is 6.86. The number of hydrogen-bond donors (Lipinski definition) is 0. The van der Waals surface area contributed by atoms with Crippen LogP contribution in [-0.2, 0) is 0 Å². The van der Waals surface area contributed by atoms with Crippen LogP contribution in [0, 0.1) is 0 Å². The lowest BCUT2D eigenvalue weighted by atomic mass is 9.83. The average Bonchev–Trinajstić information content (AvgIpc) is 3.40. The van der Waals surface area contributed by atoms with Crippen molar-refractivity contribution in [3.8, 4) is 22.3 Å². The summed E-state index contributed by atoms with van der Waals surface area (Å²) in [5.41, 5.74) is 6.85. The summed E-state index contributed by atoms with van der Waals surface area (Å²) in [5, 5.41) is 12.3. The van der Waals surface area contributed by atoms with Crippen LogP contribution in [0.5, 0.6) is 0 Å². The highest BCUT2D eigenvalue weighted by Crippen LogP contribution is 2.49. The molecule has 0 spiro atoms. The maximum absolute atomic E-state index is 6.48. The van der Waals surface area contributed by atoms with E-state index in [9.17, 15) is 0 Å². The molecule has 0 saturated heterocycles. The first-order chi connectivity index (χ1) is 20.3. The van der Waals surface area contributed by atoms with Crippen LogP contribution in [0.3, 0.4) is 0 Å². The van der Waals surface area contributed by atoms with Gasteiger partial charge >= 0.3 is 0 Å². The molecule has 0 atom stereocenters. The molecule has 1 heteroatoms. The minimum atomic E-state index is 0.917. The van der Waals surface area contributed by atoms with E-state index in [2.05, 4.69) is 140 Å². The number of hydrogen-bond acceptors (Lipinski definition) is 1. The highest BCUT2D eigenvalue weighted by molar-refractivity contribution is 6.30. The van der Waals surface area contributed by atoms with Gasteiger partial charge in [0.1, 0.15) is 11.2 Å². The zero-order valence-corrected chi connectivity index (χ0v) is 22.3. The third kappa shape index (κ3) is 3.24. The first-order valence-corrected chi connectivity index (χ1v) is 14.1. The summed E-state index contributed by atoms with van der Waals surface area (Å²) in [6.07, 6.45) is 0. The molecule has 190 valence electrons. The van der Waals surface area contributed by atoms with Gasteiger partial charge in [0.15, 0.2) is 0 Å². The number of furan rings is 1. The van der Waals surface area contributed by atoms with Crippen LogP contribution in [-0.4, -0.2) is 0 Å². The van der Waals surface area contributed by atoms with E-state index in [0.717, 1.165) is 16.6 Å². The molecule has 0 bridgehead atoms. The molecule has 9 rings (SSSR count). The molecule has 9 aromatic rings. The third-order valence-corrected chi connectivity index (χ3v) is 8.61. The van der Waals surface area contributed by atoms with Gasteiger partial charge in [-0.05, 0) is 78.0 Å². The molecule has 0 aliphatic heterocycles. The normalized spacial score (nSPS) is 11.9. The van der Waals surface area contributed by atoms with E-state index < -0.39 is 0 Å². The van der Waals surface area contributed by atoms with Gasteiger partial charge in [-0.3, -0.25) is 0 Å². The minimum Gasteiger partial charge on any atom is -0.456 e. The molecule has 0 unspecified atom stereocenters. The molecule has 0 amide bonds. The van der Waals surface area contributed by atoms with Gasteiger partial charge in [-0.25, -0.2) is 0 Å². The monoisotopic (exact) mass is 520 g/mol. The maximum Gasteiger partial charge on any atom is 0.136 e.